The van der Waals surface area contributed by atoms with Crippen LogP contribution in [0.25, 0.3) is 0 Å². The van der Waals surface area contributed by atoms with Crippen molar-refractivity contribution in [3.63, 3.8) is 0 Å². The molecule has 17 heavy (non-hydrogen) atoms. The van der Waals surface area contributed by atoms with Crippen molar-refractivity contribution in [2.24, 2.45) is 0 Å². The number of hydrogen-bond acceptors (Lipinski definition) is 2. The van der Waals surface area contributed by atoms with Crippen molar-refractivity contribution in [1.82, 2.24) is 0 Å². The third kappa shape index (κ3) is 2.74. The number of thiophene rings is 1. The lowest BCUT2D eigenvalue weighted by molar-refractivity contribution is 0.220. The minimum Gasteiger partial charge on any atom is -0.384 e. The van der Waals surface area contributed by atoms with Gasteiger partial charge < -0.3 is 5.11 Å². The van der Waals surface area contributed by atoms with Crippen molar-refractivity contribution < 1.29 is 5.11 Å². The standard InChI is InChI=1S/C13H12BrClOS/c1-7-3-4-9(5-11(7)15)13(16)10-6-12(14)17-8(10)2/h3-6,13,16H,1-2H3. The Morgan fingerprint density at radius 3 is 2.53 bits per heavy atom. The van der Waals surface area contributed by atoms with Gasteiger partial charge in [-0.2, -0.15) is 0 Å². The van der Waals surface area contributed by atoms with Crippen LogP contribution in [0.2, 0.25) is 5.02 Å². The second-order valence-corrected chi connectivity index (χ2v) is 7.02. The van der Waals surface area contributed by atoms with E-state index in [2.05, 4.69) is 15.9 Å². The van der Waals surface area contributed by atoms with Crippen molar-refractivity contribution in [2.75, 3.05) is 0 Å². The van der Waals surface area contributed by atoms with Crippen LogP contribution in [0.5, 0.6) is 0 Å². The molecule has 0 amide bonds. The number of halogens is 2. The Balaban J connectivity index is 2.40. The maximum absolute atomic E-state index is 10.3. The fourth-order valence-electron chi connectivity index (χ4n) is 1.69. The van der Waals surface area contributed by atoms with Gasteiger partial charge >= 0.3 is 0 Å². The van der Waals surface area contributed by atoms with Crippen LogP contribution < -0.4 is 0 Å². The van der Waals surface area contributed by atoms with Crippen LogP contribution in [0.1, 0.15) is 27.7 Å². The molecule has 0 aliphatic carbocycles. The zero-order valence-corrected chi connectivity index (χ0v) is 12.7. The Morgan fingerprint density at radius 1 is 1.29 bits per heavy atom. The molecular weight excluding hydrogens is 320 g/mol. The van der Waals surface area contributed by atoms with Gasteiger partial charge in [-0.25, -0.2) is 0 Å². The molecule has 0 saturated carbocycles. The summed E-state index contributed by atoms with van der Waals surface area (Å²) in [4.78, 5) is 1.11. The lowest BCUT2D eigenvalue weighted by Gasteiger charge is -2.12. The van der Waals surface area contributed by atoms with Gasteiger partial charge in [0, 0.05) is 9.90 Å². The molecule has 0 spiro atoms. The second-order valence-electron chi connectivity index (χ2n) is 3.97. The van der Waals surface area contributed by atoms with Crippen LogP contribution >= 0.6 is 38.9 Å². The van der Waals surface area contributed by atoms with E-state index in [1.54, 1.807) is 11.3 Å². The van der Waals surface area contributed by atoms with Gasteiger partial charge in [0.2, 0.25) is 0 Å². The smallest absolute Gasteiger partial charge is 0.105 e. The summed E-state index contributed by atoms with van der Waals surface area (Å²) in [5.74, 6) is 0. The van der Waals surface area contributed by atoms with Gasteiger partial charge in [0.15, 0.2) is 0 Å². The SMILES string of the molecule is Cc1ccc(C(O)c2cc(Br)sc2C)cc1Cl. The molecule has 4 heteroatoms. The fraction of sp³-hybridized carbons (Fsp3) is 0.231. The minimum absolute atomic E-state index is 0.615. The van der Waals surface area contributed by atoms with Gasteiger partial charge in [-0.15, -0.1) is 11.3 Å². The van der Waals surface area contributed by atoms with Crippen molar-refractivity contribution in [1.29, 1.82) is 0 Å². The summed E-state index contributed by atoms with van der Waals surface area (Å²) in [6.45, 7) is 3.95. The molecule has 0 aliphatic rings. The molecule has 1 aromatic carbocycles. The van der Waals surface area contributed by atoms with Crippen LogP contribution in [0.4, 0.5) is 0 Å². The monoisotopic (exact) mass is 330 g/mol. The summed E-state index contributed by atoms with van der Waals surface area (Å²) in [6.07, 6.45) is -0.615. The van der Waals surface area contributed by atoms with Crippen molar-refractivity contribution >= 4 is 38.9 Å². The molecule has 90 valence electrons. The summed E-state index contributed by atoms with van der Waals surface area (Å²) < 4.78 is 1.03. The van der Waals surface area contributed by atoms with Gasteiger partial charge in [-0.05, 0) is 58.6 Å². The molecule has 0 bridgehead atoms. The number of rotatable bonds is 2. The first-order valence-corrected chi connectivity index (χ1v) is 7.17. The van der Waals surface area contributed by atoms with E-state index in [-0.39, 0.29) is 0 Å². The van der Waals surface area contributed by atoms with Gasteiger partial charge in [-0.1, -0.05) is 23.7 Å². The van der Waals surface area contributed by atoms with Crippen LogP contribution in [0.3, 0.4) is 0 Å². The maximum atomic E-state index is 10.3. The average molecular weight is 332 g/mol. The summed E-state index contributed by atoms with van der Waals surface area (Å²) >= 11 is 11.1. The third-order valence-corrected chi connectivity index (χ3v) is 4.71. The molecule has 2 aromatic rings. The first kappa shape index (κ1) is 13.1. The zero-order valence-electron chi connectivity index (χ0n) is 9.50. The molecule has 1 unspecified atom stereocenters. The van der Waals surface area contributed by atoms with Crippen LogP contribution in [0, 0.1) is 13.8 Å². The predicted molar refractivity (Wildman–Crippen MR) is 77.0 cm³/mol. The molecule has 0 aliphatic heterocycles. The van der Waals surface area contributed by atoms with Crippen LogP contribution in [-0.2, 0) is 0 Å². The predicted octanol–water partition coefficient (Wildman–Crippen LogP) is 4.86. The Bertz CT molecular complexity index is 550. The van der Waals surface area contributed by atoms with Crippen molar-refractivity contribution in [3.8, 4) is 0 Å². The third-order valence-electron chi connectivity index (χ3n) is 2.73. The first-order chi connectivity index (χ1) is 7.99. The number of aryl methyl sites for hydroxylation is 2. The van der Waals surface area contributed by atoms with E-state index >= 15 is 0 Å². The van der Waals surface area contributed by atoms with Gasteiger partial charge in [0.25, 0.3) is 0 Å². The molecule has 1 heterocycles. The lowest BCUT2D eigenvalue weighted by atomic mass is 10.0. The Morgan fingerprint density at radius 2 is 2.00 bits per heavy atom. The van der Waals surface area contributed by atoms with E-state index in [0.29, 0.717) is 5.02 Å². The molecule has 1 aromatic heterocycles. The van der Waals surface area contributed by atoms with Crippen LogP contribution in [-0.4, -0.2) is 5.11 Å². The highest BCUT2D eigenvalue weighted by Crippen LogP contribution is 2.34. The van der Waals surface area contributed by atoms with E-state index in [0.717, 1.165) is 25.4 Å². The van der Waals surface area contributed by atoms with Crippen molar-refractivity contribution in [2.45, 2.75) is 20.0 Å². The van der Waals surface area contributed by atoms with E-state index < -0.39 is 6.10 Å². The van der Waals surface area contributed by atoms with Crippen molar-refractivity contribution in [3.05, 3.63) is 54.6 Å². The summed E-state index contributed by atoms with van der Waals surface area (Å²) in [5, 5.41) is 11.0. The zero-order chi connectivity index (χ0) is 12.6. The average Bonchev–Trinajstić information content (AvgIpc) is 2.61. The lowest BCUT2D eigenvalue weighted by Crippen LogP contribution is -1.99. The Labute approximate surface area is 118 Å². The normalized spacial score (nSPS) is 12.8. The maximum Gasteiger partial charge on any atom is 0.105 e. The summed E-state index contributed by atoms with van der Waals surface area (Å²) in [7, 11) is 0. The summed E-state index contributed by atoms with van der Waals surface area (Å²) in [6, 6.07) is 7.62. The van der Waals surface area contributed by atoms with Crippen LogP contribution in [0.15, 0.2) is 28.1 Å². The van der Waals surface area contributed by atoms with Gasteiger partial charge in [0.1, 0.15) is 6.10 Å². The Kier molecular flexibility index (Phi) is 3.93. The summed E-state index contributed by atoms with van der Waals surface area (Å²) in [5.41, 5.74) is 2.78. The number of hydrogen-bond donors (Lipinski definition) is 1. The molecule has 1 nitrogen and oxygen atoms in total. The second kappa shape index (κ2) is 5.11. The molecule has 0 radical (unpaired) electrons. The number of aliphatic hydroxyl groups is 1. The fourth-order valence-corrected chi connectivity index (χ4v) is 3.62. The van der Waals surface area contributed by atoms with Gasteiger partial charge in [0.05, 0.1) is 3.79 Å². The first-order valence-electron chi connectivity index (χ1n) is 5.19. The largest absolute Gasteiger partial charge is 0.384 e. The number of benzene rings is 1. The minimum atomic E-state index is -0.615. The quantitative estimate of drug-likeness (QED) is 0.833. The van der Waals surface area contributed by atoms with E-state index in [1.807, 2.05) is 38.1 Å². The molecule has 2 rings (SSSR count). The molecule has 0 fully saturated rings. The topological polar surface area (TPSA) is 20.2 Å². The molecule has 0 saturated heterocycles. The van der Waals surface area contributed by atoms with E-state index in [9.17, 15) is 5.11 Å². The highest BCUT2D eigenvalue weighted by Gasteiger charge is 2.16. The highest BCUT2D eigenvalue weighted by molar-refractivity contribution is 9.11. The van der Waals surface area contributed by atoms with Gasteiger partial charge in [-0.3, -0.25) is 0 Å². The molecule has 1 N–H and O–H groups in total. The highest BCUT2D eigenvalue weighted by atomic mass is 79.9. The van der Waals surface area contributed by atoms with E-state index in [4.69, 9.17) is 11.6 Å². The molecule has 1 atom stereocenters. The molecular formula is C13H12BrClOS. The number of aliphatic hydroxyl groups excluding tert-OH is 1. The van der Waals surface area contributed by atoms with E-state index in [1.165, 1.54) is 0 Å². The Hall–Kier alpha value is -0.350.